The lowest BCUT2D eigenvalue weighted by atomic mass is 9.88. The fourth-order valence-corrected chi connectivity index (χ4v) is 6.60. The van der Waals surface area contributed by atoms with Crippen LogP contribution in [0.15, 0.2) is 78.9 Å². The Hall–Kier alpha value is -2.65. The Morgan fingerprint density at radius 2 is 1.15 bits per heavy atom. The van der Waals surface area contributed by atoms with E-state index in [2.05, 4.69) is 99.6 Å². The molecular formula is C38H52O2S. The van der Waals surface area contributed by atoms with Gasteiger partial charge in [0.15, 0.2) is 0 Å². The normalized spacial score (nSPS) is 12.7. The number of allylic oxidation sites excluding steroid dienone is 1. The van der Waals surface area contributed by atoms with Crippen molar-refractivity contribution in [2.75, 3.05) is 18.1 Å². The molecule has 1 atom stereocenters. The van der Waals surface area contributed by atoms with E-state index in [-0.39, 0.29) is 0 Å². The van der Waals surface area contributed by atoms with Crippen LogP contribution >= 0.6 is 0 Å². The van der Waals surface area contributed by atoms with Gasteiger partial charge in [0.05, 0.1) is 6.61 Å². The van der Waals surface area contributed by atoms with Crippen molar-refractivity contribution in [3.05, 3.63) is 101 Å². The van der Waals surface area contributed by atoms with Gasteiger partial charge in [-0.05, 0) is 72.6 Å². The second kappa shape index (κ2) is 19.5. The summed E-state index contributed by atoms with van der Waals surface area (Å²) in [5.41, 5.74) is 7.69. The molecule has 2 nitrogen and oxygen atoms in total. The summed E-state index contributed by atoms with van der Waals surface area (Å²) in [6, 6.07) is 28.3. The molecule has 0 aromatic heterocycles. The van der Waals surface area contributed by atoms with E-state index < -0.39 is 10.8 Å². The molecular weight excluding hydrogens is 520 g/mol. The van der Waals surface area contributed by atoms with Crippen LogP contribution in [-0.2, 0) is 10.8 Å². The van der Waals surface area contributed by atoms with Crippen LogP contribution in [0.5, 0.6) is 5.75 Å². The Morgan fingerprint density at radius 3 is 1.73 bits per heavy atom. The van der Waals surface area contributed by atoms with Crippen molar-refractivity contribution in [3.63, 3.8) is 0 Å². The number of benzene rings is 3. The number of rotatable bonds is 20. The third kappa shape index (κ3) is 12.0. The highest BCUT2D eigenvalue weighted by atomic mass is 32.2. The van der Waals surface area contributed by atoms with Crippen molar-refractivity contribution in [1.82, 2.24) is 0 Å². The molecule has 0 heterocycles. The van der Waals surface area contributed by atoms with E-state index in [1.54, 1.807) is 0 Å². The van der Waals surface area contributed by atoms with Gasteiger partial charge in [-0.3, -0.25) is 4.21 Å². The van der Waals surface area contributed by atoms with Gasteiger partial charge in [-0.2, -0.15) is 0 Å². The molecule has 0 saturated heterocycles. The molecule has 3 rings (SSSR count). The van der Waals surface area contributed by atoms with Crippen LogP contribution in [0.3, 0.4) is 0 Å². The zero-order chi connectivity index (χ0) is 29.1. The lowest BCUT2D eigenvalue weighted by Gasteiger charge is -2.17. The standard InChI is InChI=1S/C38H52O2S/c1-4-6-17-30-41(39)31-18-12-10-8-7-9-11-16-29-40-36-27-25-35(26-28-36)38(34-23-21-32(3)22-24-34)37(5-2)33-19-14-13-15-20-33/h13-15,19-28H,4-12,16-18,29-31H2,1-3H3/b38-37-. The molecule has 1 unspecified atom stereocenters. The van der Waals surface area contributed by atoms with Gasteiger partial charge in [-0.15, -0.1) is 0 Å². The lowest BCUT2D eigenvalue weighted by molar-refractivity contribution is 0.304. The molecule has 0 aliphatic carbocycles. The average molecular weight is 573 g/mol. The maximum Gasteiger partial charge on any atom is 0.119 e. The van der Waals surface area contributed by atoms with Crippen molar-refractivity contribution in [1.29, 1.82) is 0 Å². The summed E-state index contributed by atoms with van der Waals surface area (Å²) in [6.45, 7) is 7.35. The fraction of sp³-hybridized carbons (Fsp3) is 0.474. The molecule has 0 N–H and O–H groups in total. The largest absolute Gasteiger partial charge is 0.494 e. The van der Waals surface area contributed by atoms with E-state index in [1.807, 2.05) is 0 Å². The Labute approximate surface area is 253 Å². The molecule has 0 spiro atoms. The molecule has 0 radical (unpaired) electrons. The van der Waals surface area contributed by atoms with Crippen LogP contribution in [-0.4, -0.2) is 22.3 Å². The molecule has 3 heteroatoms. The van der Waals surface area contributed by atoms with Gasteiger partial charge in [0.1, 0.15) is 5.75 Å². The summed E-state index contributed by atoms with van der Waals surface area (Å²) in [7, 11) is -0.591. The molecule has 0 saturated carbocycles. The predicted octanol–water partition coefficient (Wildman–Crippen LogP) is 10.8. The summed E-state index contributed by atoms with van der Waals surface area (Å²) < 4.78 is 18.1. The van der Waals surface area contributed by atoms with E-state index in [1.165, 1.54) is 84.8 Å². The van der Waals surface area contributed by atoms with Gasteiger partial charge >= 0.3 is 0 Å². The van der Waals surface area contributed by atoms with E-state index in [9.17, 15) is 4.21 Å². The molecule has 3 aromatic rings. The second-order valence-electron chi connectivity index (χ2n) is 11.2. The smallest absolute Gasteiger partial charge is 0.119 e. The van der Waals surface area contributed by atoms with Gasteiger partial charge in [0.25, 0.3) is 0 Å². The first kappa shape index (κ1) is 32.9. The van der Waals surface area contributed by atoms with Gasteiger partial charge in [-0.1, -0.05) is 138 Å². The van der Waals surface area contributed by atoms with E-state index in [0.717, 1.165) is 49.5 Å². The first-order chi connectivity index (χ1) is 20.1. The van der Waals surface area contributed by atoms with Gasteiger partial charge in [0.2, 0.25) is 0 Å². The molecule has 41 heavy (non-hydrogen) atoms. The highest BCUT2D eigenvalue weighted by Gasteiger charge is 2.13. The van der Waals surface area contributed by atoms with Crippen LogP contribution in [0.2, 0.25) is 0 Å². The maximum absolute atomic E-state index is 12.0. The number of aryl methyl sites for hydroxylation is 1. The second-order valence-corrected chi connectivity index (χ2v) is 12.9. The Kier molecular flexibility index (Phi) is 15.6. The monoisotopic (exact) mass is 572 g/mol. The predicted molar refractivity (Wildman–Crippen MR) is 180 cm³/mol. The Bertz CT molecular complexity index is 1160. The molecule has 0 fully saturated rings. The highest BCUT2D eigenvalue weighted by molar-refractivity contribution is 7.84. The van der Waals surface area contributed by atoms with E-state index >= 15 is 0 Å². The van der Waals surface area contributed by atoms with Gasteiger partial charge < -0.3 is 4.74 Å². The van der Waals surface area contributed by atoms with Crippen LogP contribution in [0.1, 0.15) is 113 Å². The molecule has 0 aliphatic rings. The number of unbranched alkanes of at least 4 members (excludes halogenated alkanes) is 9. The molecule has 222 valence electrons. The summed E-state index contributed by atoms with van der Waals surface area (Å²) in [4.78, 5) is 0. The fourth-order valence-electron chi connectivity index (χ4n) is 5.35. The topological polar surface area (TPSA) is 26.3 Å². The SMILES string of the molecule is CCCCCS(=O)CCCCCCCCCCOc1ccc(/C(=C(/CC)c2ccccc2)c2ccc(C)cc2)cc1. The minimum atomic E-state index is -0.591. The minimum absolute atomic E-state index is 0.591. The number of hydrogen-bond acceptors (Lipinski definition) is 2. The van der Waals surface area contributed by atoms with Crippen LogP contribution in [0, 0.1) is 6.92 Å². The average Bonchev–Trinajstić information content (AvgIpc) is 3.00. The molecule has 3 aromatic carbocycles. The van der Waals surface area contributed by atoms with Crippen molar-refractivity contribution in [2.24, 2.45) is 0 Å². The van der Waals surface area contributed by atoms with Crippen LogP contribution in [0.4, 0.5) is 0 Å². The summed E-state index contributed by atoms with van der Waals surface area (Å²) >= 11 is 0. The zero-order valence-electron chi connectivity index (χ0n) is 25.8. The van der Waals surface area contributed by atoms with Gasteiger partial charge in [0, 0.05) is 22.3 Å². The van der Waals surface area contributed by atoms with Crippen LogP contribution < -0.4 is 4.74 Å². The number of hydrogen-bond donors (Lipinski definition) is 0. The summed E-state index contributed by atoms with van der Waals surface area (Å²) in [5.74, 6) is 2.75. The Balaban J connectivity index is 1.41. The minimum Gasteiger partial charge on any atom is -0.494 e. The van der Waals surface area contributed by atoms with Gasteiger partial charge in [-0.25, -0.2) is 0 Å². The quantitative estimate of drug-likeness (QED) is 0.0994. The van der Waals surface area contributed by atoms with Crippen LogP contribution in [0.25, 0.3) is 11.1 Å². The summed E-state index contributed by atoms with van der Waals surface area (Å²) in [6.07, 6.45) is 14.3. The van der Waals surface area contributed by atoms with Crippen molar-refractivity contribution >= 4 is 21.9 Å². The van der Waals surface area contributed by atoms with E-state index in [4.69, 9.17) is 4.74 Å². The van der Waals surface area contributed by atoms with Crippen molar-refractivity contribution < 1.29 is 8.95 Å². The third-order valence-corrected chi connectivity index (χ3v) is 9.26. The maximum atomic E-state index is 12.0. The Morgan fingerprint density at radius 1 is 0.610 bits per heavy atom. The van der Waals surface area contributed by atoms with E-state index in [0.29, 0.717) is 0 Å². The third-order valence-electron chi connectivity index (χ3n) is 7.77. The number of ether oxygens (including phenoxy) is 1. The van der Waals surface area contributed by atoms with Crippen molar-refractivity contribution in [3.8, 4) is 5.75 Å². The zero-order valence-corrected chi connectivity index (χ0v) is 26.7. The molecule has 0 amide bonds. The highest BCUT2D eigenvalue weighted by Crippen LogP contribution is 2.35. The lowest BCUT2D eigenvalue weighted by Crippen LogP contribution is -2.02. The first-order valence-corrected chi connectivity index (χ1v) is 17.5. The molecule has 0 bridgehead atoms. The molecule has 0 aliphatic heterocycles. The summed E-state index contributed by atoms with van der Waals surface area (Å²) in [5, 5.41) is 0. The first-order valence-electron chi connectivity index (χ1n) is 16.1. The van der Waals surface area contributed by atoms with Crippen molar-refractivity contribution in [2.45, 2.75) is 97.8 Å².